The van der Waals surface area contributed by atoms with Crippen LogP contribution in [0.4, 0.5) is 0 Å². The second-order valence-electron chi connectivity index (χ2n) is 4.36. The van der Waals surface area contributed by atoms with Crippen LogP contribution < -0.4 is 5.32 Å². The highest BCUT2D eigenvalue weighted by Crippen LogP contribution is 2.31. The summed E-state index contributed by atoms with van der Waals surface area (Å²) < 4.78 is 0. The zero-order chi connectivity index (χ0) is 10.2. The van der Waals surface area contributed by atoms with Crippen molar-refractivity contribution in [3.63, 3.8) is 0 Å². The fourth-order valence-corrected chi connectivity index (χ4v) is 2.51. The average Bonchev–Trinajstić information content (AvgIpc) is 2.49. The minimum atomic E-state index is 0.0645. The Morgan fingerprint density at radius 1 is 1.57 bits per heavy atom. The van der Waals surface area contributed by atoms with E-state index >= 15 is 0 Å². The minimum Gasteiger partial charge on any atom is -0.346 e. The van der Waals surface area contributed by atoms with Gasteiger partial charge in [-0.2, -0.15) is 0 Å². The van der Waals surface area contributed by atoms with Crippen molar-refractivity contribution in [1.82, 2.24) is 5.32 Å². The van der Waals surface area contributed by atoms with Crippen LogP contribution in [0.25, 0.3) is 0 Å². The standard InChI is InChI=1S/C11H15NOS/c1-8-6-9(14-7-8)10(13)12-11(2)4-3-5-11/h6-7H,3-5H2,1-2H3,(H,12,13). The number of carbonyl (C=O) groups excluding carboxylic acids is 1. The summed E-state index contributed by atoms with van der Waals surface area (Å²) in [5.41, 5.74) is 1.23. The molecular weight excluding hydrogens is 194 g/mol. The molecule has 1 aliphatic rings. The van der Waals surface area contributed by atoms with E-state index in [2.05, 4.69) is 12.2 Å². The Morgan fingerprint density at radius 3 is 2.71 bits per heavy atom. The van der Waals surface area contributed by atoms with Gasteiger partial charge in [0.25, 0.3) is 5.91 Å². The lowest BCUT2D eigenvalue weighted by Gasteiger charge is -2.38. The number of rotatable bonds is 2. The molecular formula is C11H15NOS. The van der Waals surface area contributed by atoms with Crippen LogP contribution in [0.2, 0.25) is 0 Å². The highest BCUT2D eigenvalue weighted by Gasteiger charge is 2.33. The summed E-state index contributed by atoms with van der Waals surface area (Å²) >= 11 is 1.52. The van der Waals surface area contributed by atoms with Crippen molar-refractivity contribution in [3.8, 4) is 0 Å². The van der Waals surface area contributed by atoms with Crippen molar-refractivity contribution >= 4 is 17.2 Å². The molecule has 1 fully saturated rings. The predicted octanol–water partition coefficient (Wildman–Crippen LogP) is 2.73. The SMILES string of the molecule is Cc1csc(C(=O)NC2(C)CCC2)c1. The van der Waals surface area contributed by atoms with E-state index in [4.69, 9.17) is 0 Å². The molecule has 1 N–H and O–H groups in total. The van der Waals surface area contributed by atoms with Gasteiger partial charge in [0.15, 0.2) is 0 Å². The molecule has 1 saturated carbocycles. The maximum absolute atomic E-state index is 11.8. The topological polar surface area (TPSA) is 29.1 Å². The van der Waals surface area contributed by atoms with E-state index in [-0.39, 0.29) is 11.4 Å². The van der Waals surface area contributed by atoms with Gasteiger partial charge < -0.3 is 5.32 Å². The summed E-state index contributed by atoms with van der Waals surface area (Å²) in [5.74, 6) is 0.0882. The van der Waals surface area contributed by atoms with Crippen molar-refractivity contribution in [1.29, 1.82) is 0 Å². The number of amides is 1. The molecule has 0 radical (unpaired) electrons. The number of hydrogen-bond acceptors (Lipinski definition) is 2. The van der Waals surface area contributed by atoms with E-state index in [0.717, 1.165) is 17.7 Å². The van der Waals surface area contributed by atoms with Crippen molar-refractivity contribution in [2.45, 2.75) is 38.6 Å². The number of aryl methyl sites for hydroxylation is 1. The van der Waals surface area contributed by atoms with Crippen LogP contribution in [0.3, 0.4) is 0 Å². The Balaban J connectivity index is 2.02. The summed E-state index contributed by atoms with van der Waals surface area (Å²) in [4.78, 5) is 12.6. The molecule has 0 bridgehead atoms. The molecule has 0 aromatic carbocycles. The normalized spacial score (nSPS) is 18.7. The number of hydrogen-bond donors (Lipinski definition) is 1. The molecule has 1 aliphatic carbocycles. The first-order valence-corrected chi connectivity index (χ1v) is 5.85. The smallest absolute Gasteiger partial charge is 0.261 e. The van der Waals surface area contributed by atoms with Gasteiger partial charge in [0.2, 0.25) is 0 Å². The van der Waals surface area contributed by atoms with Gasteiger partial charge in [0.05, 0.1) is 4.88 Å². The molecule has 0 aliphatic heterocycles. The van der Waals surface area contributed by atoms with Crippen LogP contribution in [0.1, 0.15) is 41.4 Å². The first-order valence-electron chi connectivity index (χ1n) is 4.97. The molecule has 0 atom stereocenters. The molecule has 76 valence electrons. The minimum absolute atomic E-state index is 0.0645. The van der Waals surface area contributed by atoms with Gasteiger partial charge in [-0.1, -0.05) is 0 Å². The van der Waals surface area contributed by atoms with Crippen molar-refractivity contribution in [3.05, 3.63) is 21.9 Å². The Bertz CT molecular complexity index is 352. The third-order valence-electron chi connectivity index (χ3n) is 2.83. The third kappa shape index (κ3) is 1.82. The molecule has 2 nitrogen and oxygen atoms in total. The monoisotopic (exact) mass is 209 g/mol. The molecule has 0 unspecified atom stereocenters. The lowest BCUT2D eigenvalue weighted by molar-refractivity contribution is 0.0854. The molecule has 1 aromatic heterocycles. The van der Waals surface area contributed by atoms with E-state index < -0.39 is 0 Å². The van der Waals surface area contributed by atoms with E-state index in [9.17, 15) is 4.79 Å². The summed E-state index contributed by atoms with van der Waals surface area (Å²) in [5, 5.41) is 5.11. The van der Waals surface area contributed by atoms with Crippen LogP contribution in [-0.4, -0.2) is 11.4 Å². The summed E-state index contributed by atoms with van der Waals surface area (Å²) in [7, 11) is 0. The highest BCUT2D eigenvalue weighted by atomic mass is 32.1. The van der Waals surface area contributed by atoms with Crippen LogP contribution in [0.5, 0.6) is 0 Å². The molecule has 2 rings (SSSR count). The molecule has 3 heteroatoms. The average molecular weight is 209 g/mol. The van der Waals surface area contributed by atoms with Crippen LogP contribution in [-0.2, 0) is 0 Å². The first kappa shape index (κ1) is 9.71. The van der Waals surface area contributed by atoms with E-state index in [1.165, 1.54) is 23.3 Å². The van der Waals surface area contributed by atoms with Crippen LogP contribution >= 0.6 is 11.3 Å². The maximum atomic E-state index is 11.8. The Labute approximate surface area is 88.3 Å². The second kappa shape index (κ2) is 3.39. The van der Waals surface area contributed by atoms with Crippen molar-refractivity contribution in [2.75, 3.05) is 0 Å². The zero-order valence-electron chi connectivity index (χ0n) is 8.59. The number of thiophene rings is 1. The van der Waals surface area contributed by atoms with Gasteiger partial charge in [0, 0.05) is 5.54 Å². The molecule has 0 spiro atoms. The Morgan fingerprint density at radius 2 is 2.29 bits per heavy atom. The molecule has 14 heavy (non-hydrogen) atoms. The third-order valence-corrected chi connectivity index (χ3v) is 3.87. The fraction of sp³-hybridized carbons (Fsp3) is 0.545. The van der Waals surface area contributed by atoms with Crippen molar-refractivity contribution < 1.29 is 4.79 Å². The van der Waals surface area contributed by atoms with Crippen LogP contribution in [0, 0.1) is 6.92 Å². The predicted molar refractivity (Wildman–Crippen MR) is 58.8 cm³/mol. The summed E-state index contributed by atoms with van der Waals surface area (Å²) in [6.45, 7) is 4.13. The second-order valence-corrected chi connectivity index (χ2v) is 5.27. The van der Waals surface area contributed by atoms with Gasteiger partial charge in [-0.25, -0.2) is 0 Å². The van der Waals surface area contributed by atoms with Crippen LogP contribution in [0.15, 0.2) is 11.4 Å². The highest BCUT2D eigenvalue weighted by molar-refractivity contribution is 7.12. The van der Waals surface area contributed by atoms with Gasteiger partial charge in [-0.15, -0.1) is 11.3 Å². The Hall–Kier alpha value is -0.830. The lowest BCUT2D eigenvalue weighted by Crippen LogP contribution is -2.50. The Kier molecular flexibility index (Phi) is 2.35. The van der Waals surface area contributed by atoms with Gasteiger partial charge in [-0.05, 0) is 50.1 Å². The van der Waals surface area contributed by atoms with Gasteiger partial charge >= 0.3 is 0 Å². The van der Waals surface area contributed by atoms with E-state index in [0.29, 0.717) is 0 Å². The van der Waals surface area contributed by atoms with E-state index in [1.54, 1.807) is 0 Å². The van der Waals surface area contributed by atoms with Gasteiger partial charge in [0.1, 0.15) is 0 Å². The fourth-order valence-electron chi connectivity index (χ4n) is 1.72. The summed E-state index contributed by atoms with van der Waals surface area (Å²) in [6, 6.07) is 1.95. The maximum Gasteiger partial charge on any atom is 0.261 e. The van der Waals surface area contributed by atoms with Crippen molar-refractivity contribution in [2.24, 2.45) is 0 Å². The summed E-state index contributed by atoms with van der Waals surface area (Å²) in [6.07, 6.45) is 3.46. The molecule has 1 amide bonds. The lowest BCUT2D eigenvalue weighted by atomic mass is 9.78. The van der Waals surface area contributed by atoms with Gasteiger partial charge in [-0.3, -0.25) is 4.79 Å². The zero-order valence-corrected chi connectivity index (χ0v) is 9.41. The largest absolute Gasteiger partial charge is 0.346 e. The quantitative estimate of drug-likeness (QED) is 0.797. The first-order chi connectivity index (χ1) is 6.59. The number of carbonyl (C=O) groups is 1. The number of nitrogens with one attached hydrogen (secondary N) is 1. The molecule has 1 heterocycles. The van der Waals surface area contributed by atoms with E-state index in [1.807, 2.05) is 18.4 Å². The molecule has 1 aromatic rings. The molecule has 0 saturated heterocycles.